The van der Waals surface area contributed by atoms with Gasteiger partial charge in [0.15, 0.2) is 0 Å². The fourth-order valence-electron chi connectivity index (χ4n) is 2.55. The van der Waals surface area contributed by atoms with Crippen molar-refractivity contribution in [2.75, 3.05) is 6.61 Å². The Morgan fingerprint density at radius 2 is 2.09 bits per heavy atom. The Morgan fingerprint density at radius 3 is 2.74 bits per heavy atom. The van der Waals surface area contributed by atoms with Gasteiger partial charge in [-0.25, -0.2) is 9.78 Å². The van der Waals surface area contributed by atoms with Crippen molar-refractivity contribution < 1.29 is 14.1 Å². The van der Waals surface area contributed by atoms with Crippen LogP contribution in [0.3, 0.4) is 0 Å². The first-order valence-electron chi connectivity index (χ1n) is 7.52. The highest BCUT2D eigenvalue weighted by Gasteiger charge is 2.21. The summed E-state index contributed by atoms with van der Waals surface area (Å²) in [5.41, 5.74) is 3.18. The van der Waals surface area contributed by atoms with Crippen LogP contribution in [0.25, 0.3) is 22.4 Å². The van der Waals surface area contributed by atoms with Crippen molar-refractivity contribution in [2.45, 2.75) is 34.1 Å². The van der Waals surface area contributed by atoms with Crippen LogP contribution >= 0.6 is 11.3 Å². The molecule has 0 aliphatic heterocycles. The van der Waals surface area contributed by atoms with Gasteiger partial charge in [-0.1, -0.05) is 12.1 Å². The number of rotatable bonds is 4. The Labute approximate surface area is 138 Å². The van der Waals surface area contributed by atoms with E-state index in [0.717, 1.165) is 16.9 Å². The second-order valence-corrected chi connectivity index (χ2v) is 6.93. The van der Waals surface area contributed by atoms with Gasteiger partial charge in [0.05, 0.1) is 28.9 Å². The standard InChI is InChI=1S/C17H18N2O3S/c1-5-6-21-17(20)13-8-14(12-7-9(2)23-11(12)4)18-16-15(13)10(3)19-22-16/h7-8H,5-6H2,1-4H3. The first kappa shape index (κ1) is 15.7. The quantitative estimate of drug-likeness (QED) is 0.662. The minimum Gasteiger partial charge on any atom is -0.462 e. The van der Waals surface area contributed by atoms with Crippen molar-refractivity contribution in [3.8, 4) is 11.3 Å². The maximum absolute atomic E-state index is 12.4. The molecule has 0 N–H and O–H groups in total. The molecular formula is C17H18N2O3S. The Kier molecular flexibility index (Phi) is 4.17. The fraction of sp³-hybridized carbons (Fsp3) is 0.353. The molecule has 3 aromatic rings. The molecule has 0 amide bonds. The monoisotopic (exact) mass is 330 g/mol. The molecule has 120 valence electrons. The minimum atomic E-state index is -0.364. The number of pyridine rings is 1. The van der Waals surface area contributed by atoms with Crippen LogP contribution in [0.2, 0.25) is 0 Å². The number of carbonyl (C=O) groups excluding carboxylic acids is 1. The molecule has 0 saturated heterocycles. The van der Waals surface area contributed by atoms with Crippen molar-refractivity contribution in [2.24, 2.45) is 0 Å². The van der Waals surface area contributed by atoms with Crippen molar-refractivity contribution in [1.29, 1.82) is 0 Å². The van der Waals surface area contributed by atoms with Crippen LogP contribution in [0.5, 0.6) is 0 Å². The Balaban J connectivity index is 2.18. The molecule has 3 aromatic heterocycles. The lowest BCUT2D eigenvalue weighted by Gasteiger charge is -2.07. The molecule has 3 heterocycles. The van der Waals surface area contributed by atoms with Crippen LogP contribution in [-0.4, -0.2) is 22.7 Å². The van der Waals surface area contributed by atoms with Gasteiger partial charge in [-0.2, -0.15) is 0 Å². The molecule has 0 aliphatic rings. The van der Waals surface area contributed by atoms with Gasteiger partial charge in [-0.15, -0.1) is 11.3 Å². The molecule has 5 nitrogen and oxygen atoms in total. The lowest BCUT2D eigenvalue weighted by atomic mass is 10.1. The average Bonchev–Trinajstić information content (AvgIpc) is 3.06. The normalized spacial score (nSPS) is 11.1. The second-order valence-electron chi connectivity index (χ2n) is 5.47. The van der Waals surface area contributed by atoms with E-state index in [0.29, 0.717) is 34.7 Å². The number of nitrogens with zero attached hydrogens (tertiary/aromatic N) is 2. The summed E-state index contributed by atoms with van der Waals surface area (Å²) >= 11 is 1.70. The highest BCUT2D eigenvalue weighted by Crippen LogP contribution is 2.33. The van der Waals surface area contributed by atoms with Crippen molar-refractivity contribution in [3.63, 3.8) is 0 Å². The third-order valence-corrected chi connectivity index (χ3v) is 4.56. The Bertz CT molecular complexity index is 879. The van der Waals surface area contributed by atoms with Crippen LogP contribution in [0, 0.1) is 20.8 Å². The average molecular weight is 330 g/mol. The number of hydrogen-bond acceptors (Lipinski definition) is 6. The Hall–Kier alpha value is -2.21. The van der Waals surface area contributed by atoms with E-state index in [1.54, 1.807) is 24.3 Å². The maximum Gasteiger partial charge on any atom is 0.339 e. The predicted octanol–water partition coefficient (Wildman–Crippen LogP) is 4.44. The topological polar surface area (TPSA) is 65.2 Å². The highest BCUT2D eigenvalue weighted by atomic mass is 32.1. The zero-order chi connectivity index (χ0) is 16.6. The van der Waals surface area contributed by atoms with E-state index in [4.69, 9.17) is 9.26 Å². The molecule has 0 bridgehead atoms. The van der Waals surface area contributed by atoms with Crippen molar-refractivity contribution in [1.82, 2.24) is 10.1 Å². The van der Waals surface area contributed by atoms with Crippen LogP contribution in [0.1, 0.15) is 39.2 Å². The molecule has 0 atom stereocenters. The summed E-state index contributed by atoms with van der Waals surface area (Å²) in [4.78, 5) is 19.3. The predicted molar refractivity (Wildman–Crippen MR) is 89.9 cm³/mol. The van der Waals surface area contributed by atoms with Crippen LogP contribution in [0.4, 0.5) is 0 Å². The smallest absolute Gasteiger partial charge is 0.339 e. The van der Waals surface area contributed by atoms with Crippen LogP contribution < -0.4 is 0 Å². The van der Waals surface area contributed by atoms with Gasteiger partial charge < -0.3 is 9.26 Å². The molecule has 0 fully saturated rings. The number of carbonyl (C=O) groups is 1. The number of aryl methyl sites for hydroxylation is 3. The van der Waals surface area contributed by atoms with E-state index in [2.05, 4.69) is 23.1 Å². The molecule has 3 rings (SSSR count). The lowest BCUT2D eigenvalue weighted by Crippen LogP contribution is -2.07. The first-order chi connectivity index (χ1) is 11.0. The van der Waals surface area contributed by atoms with E-state index in [-0.39, 0.29) is 5.97 Å². The van der Waals surface area contributed by atoms with Crippen LogP contribution in [-0.2, 0) is 4.74 Å². The molecule has 6 heteroatoms. The van der Waals surface area contributed by atoms with Gasteiger partial charge in [0.1, 0.15) is 0 Å². The molecule has 0 aromatic carbocycles. The zero-order valence-corrected chi connectivity index (χ0v) is 14.4. The third kappa shape index (κ3) is 2.86. The summed E-state index contributed by atoms with van der Waals surface area (Å²) in [5.74, 6) is -0.364. The first-order valence-corrected chi connectivity index (χ1v) is 8.34. The molecule has 0 aliphatic carbocycles. The van der Waals surface area contributed by atoms with Gasteiger partial charge >= 0.3 is 5.97 Å². The van der Waals surface area contributed by atoms with E-state index in [9.17, 15) is 4.79 Å². The minimum absolute atomic E-state index is 0.364. The number of thiophene rings is 1. The number of hydrogen-bond donors (Lipinski definition) is 0. The van der Waals surface area contributed by atoms with E-state index in [1.807, 2.05) is 13.8 Å². The number of aromatic nitrogens is 2. The SMILES string of the molecule is CCCOC(=O)c1cc(-c2cc(C)sc2C)nc2onc(C)c12. The van der Waals surface area contributed by atoms with Crippen molar-refractivity contribution in [3.05, 3.63) is 33.1 Å². The van der Waals surface area contributed by atoms with E-state index < -0.39 is 0 Å². The molecule has 0 saturated carbocycles. The summed E-state index contributed by atoms with van der Waals surface area (Å²) in [6, 6.07) is 3.84. The summed E-state index contributed by atoms with van der Waals surface area (Å²) in [6.45, 7) is 8.24. The second kappa shape index (κ2) is 6.12. The fourth-order valence-corrected chi connectivity index (χ4v) is 3.48. The zero-order valence-electron chi connectivity index (χ0n) is 13.6. The number of fused-ring (bicyclic) bond motifs is 1. The molecule has 23 heavy (non-hydrogen) atoms. The third-order valence-electron chi connectivity index (χ3n) is 3.59. The number of ether oxygens (including phenoxy) is 1. The van der Waals surface area contributed by atoms with Gasteiger partial charge in [0.2, 0.25) is 0 Å². The molecular weight excluding hydrogens is 312 g/mol. The van der Waals surface area contributed by atoms with Gasteiger partial charge in [0, 0.05) is 15.3 Å². The summed E-state index contributed by atoms with van der Waals surface area (Å²) < 4.78 is 10.6. The van der Waals surface area contributed by atoms with Gasteiger partial charge in [0.25, 0.3) is 5.71 Å². The summed E-state index contributed by atoms with van der Waals surface area (Å²) in [7, 11) is 0. The lowest BCUT2D eigenvalue weighted by molar-refractivity contribution is 0.0507. The number of esters is 1. The van der Waals surface area contributed by atoms with E-state index >= 15 is 0 Å². The molecule has 0 radical (unpaired) electrons. The highest BCUT2D eigenvalue weighted by molar-refractivity contribution is 7.12. The Morgan fingerprint density at radius 1 is 1.30 bits per heavy atom. The van der Waals surface area contributed by atoms with Gasteiger partial charge in [-0.05, 0) is 39.3 Å². The molecule has 0 unspecified atom stereocenters. The largest absolute Gasteiger partial charge is 0.462 e. The van der Waals surface area contributed by atoms with Gasteiger partial charge in [-0.3, -0.25) is 0 Å². The van der Waals surface area contributed by atoms with Crippen LogP contribution in [0.15, 0.2) is 16.7 Å². The summed E-state index contributed by atoms with van der Waals surface area (Å²) in [6.07, 6.45) is 0.776. The maximum atomic E-state index is 12.4. The molecule has 0 spiro atoms. The van der Waals surface area contributed by atoms with Crippen molar-refractivity contribution >= 4 is 28.4 Å². The van der Waals surface area contributed by atoms with E-state index in [1.165, 1.54) is 4.88 Å². The summed E-state index contributed by atoms with van der Waals surface area (Å²) in [5, 5.41) is 4.56.